The standard InChI is InChI=1S/C14H16Cl2O3/c15-11-7-10(9-17)14(13(16)8-11)19-6-2-4-12-3-1-5-18-12/h7-9,12H,1-6H2. The lowest BCUT2D eigenvalue weighted by atomic mass is 10.1. The summed E-state index contributed by atoms with van der Waals surface area (Å²) in [6.07, 6.45) is 5.18. The fourth-order valence-corrected chi connectivity index (χ4v) is 2.74. The summed E-state index contributed by atoms with van der Waals surface area (Å²) in [7, 11) is 0. The third-order valence-corrected chi connectivity index (χ3v) is 3.60. The van der Waals surface area contributed by atoms with Crippen LogP contribution in [0.15, 0.2) is 12.1 Å². The number of aldehydes is 1. The first-order valence-corrected chi connectivity index (χ1v) is 7.15. The molecule has 0 saturated carbocycles. The lowest BCUT2D eigenvalue weighted by molar-refractivity contribution is 0.0979. The van der Waals surface area contributed by atoms with Gasteiger partial charge in [0.05, 0.1) is 23.3 Å². The van der Waals surface area contributed by atoms with Gasteiger partial charge in [0.15, 0.2) is 6.29 Å². The van der Waals surface area contributed by atoms with Gasteiger partial charge >= 0.3 is 0 Å². The Balaban J connectivity index is 1.86. The molecule has 1 heterocycles. The Morgan fingerprint density at radius 3 is 2.95 bits per heavy atom. The van der Waals surface area contributed by atoms with Crippen molar-refractivity contribution in [3.63, 3.8) is 0 Å². The average molecular weight is 303 g/mol. The summed E-state index contributed by atoms with van der Waals surface area (Å²) >= 11 is 11.9. The van der Waals surface area contributed by atoms with E-state index in [-0.39, 0.29) is 0 Å². The molecule has 0 radical (unpaired) electrons. The Morgan fingerprint density at radius 1 is 1.42 bits per heavy atom. The highest BCUT2D eigenvalue weighted by Gasteiger charge is 2.15. The molecule has 1 atom stereocenters. The number of hydrogen-bond acceptors (Lipinski definition) is 3. The zero-order valence-corrected chi connectivity index (χ0v) is 12.0. The summed E-state index contributed by atoms with van der Waals surface area (Å²) in [6.45, 7) is 1.38. The van der Waals surface area contributed by atoms with Crippen molar-refractivity contribution in [3.8, 4) is 5.75 Å². The molecule has 1 unspecified atom stereocenters. The van der Waals surface area contributed by atoms with Crippen LogP contribution in [0.4, 0.5) is 0 Å². The van der Waals surface area contributed by atoms with Crippen molar-refractivity contribution in [2.24, 2.45) is 0 Å². The first-order chi connectivity index (χ1) is 9.20. The first-order valence-electron chi connectivity index (χ1n) is 6.39. The molecular weight excluding hydrogens is 287 g/mol. The van der Waals surface area contributed by atoms with Gasteiger partial charge < -0.3 is 9.47 Å². The van der Waals surface area contributed by atoms with Crippen LogP contribution in [0.1, 0.15) is 36.0 Å². The van der Waals surface area contributed by atoms with Gasteiger partial charge in [0.2, 0.25) is 0 Å². The summed E-state index contributed by atoms with van der Waals surface area (Å²) in [5.41, 5.74) is 0.384. The largest absolute Gasteiger partial charge is 0.491 e. The summed E-state index contributed by atoms with van der Waals surface area (Å²) < 4.78 is 11.1. The Labute approximate surface area is 122 Å². The minimum atomic E-state index is 0.356. The van der Waals surface area contributed by atoms with Gasteiger partial charge in [0.1, 0.15) is 5.75 Å². The molecule has 0 aromatic heterocycles. The van der Waals surface area contributed by atoms with Crippen LogP contribution in [0.25, 0.3) is 0 Å². The lowest BCUT2D eigenvalue weighted by Gasteiger charge is -2.12. The van der Waals surface area contributed by atoms with E-state index in [1.54, 1.807) is 12.1 Å². The van der Waals surface area contributed by atoms with Gasteiger partial charge in [-0.2, -0.15) is 0 Å². The van der Waals surface area contributed by atoms with Crippen LogP contribution in [0.2, 0.25) is 10.0 Å². The molecule has 1 aromatic carbocycles. The molecule has 1 aliphatic rings. The third-order valence-electron chi connectivity index (χ3n) is 3.10. The maximum absolute atomic E-state index is 11.0. The van der Waals surface area contributed by atoms with Crippen molar-refractivity contribution >= 4 is 29.5 Å². The van der Waals surface area contributed by atoms with E-state index >= 15 is 0 Å². The molecule has 0 N–H and O–H groups in total. The molecule has 0 aliphatic carbocycles. The van der Waals surface area contributed by atoms with E-state index in [0.29, 0.717) is 40.4 Å². The summed E-state index contributed by atoms with van der Waals surface area (Å²) in [5.74, 6) is 0.411. The lowest BCUT2D eigenvalue weighted by Crippen LogP contribution is -2.08. The highest BCUT2D eigenvalue weighted by Crippen LogP contribution is 2.31. The predicted octanol–water partition coefficient (Wildman–Crippen LogP) is 4.14. The predicted molar refractivity (Wildman–Crippen MR) is 75.6 cm³/mol. The number of benzene rings is 1. The second-order valence-corrected chi connectivity index (χ2v) is 5.39. The minimum Gasteiger partial charge on any atom is -0.491 e. The van der Waals surface area contributed by atoms with E-state index in [4.69, 9.17) is 32.7 Å². The molecule has 1 aliphatic heterocycles. The Kier molecular flexibility index (Phi) is 5.49. The van der Waals surface area contributed by atoms with Crippen molar-refractivity contribution in [1.82, 2.24) is 0 Å². The van der Waals surface area contributed by atoms with Crippen LogP contribution in [0.5, 0.6) is 5.75 Å². The van der Waals surface area contributed by atoms with E-state index in [2.05, 4.69) is 0 Å². The molecule has 5 heteroatoms. The van der Waals surface area contributed by atoms with Crippen molar-refractivity contribution in [3.05, 3.63) is 27.7 Å². The fourth-order valence-electron chi connectivity index (χ4n) is 2.18. The molecule has 0 spiro atoms. The van der Waals surface area contributed by atoms with E-state index < -0.39 is 0 Å². The Morgan fingerprint density at radius 2 is 2.26 bits per heavy atom. The average Bonchev–Trinajstić information content (AvgIpc) is 2.89. The minimum absolute atomic E-state index is 0.356. The number of halogens is 2. The van der Waals surface area contributed by atoms with Gasteiger partial charge in [-0.15, -0.1) is 0 Å². The van der Waals surface area contributed by atoms with Gasteiger partial charge in [-0.05, 0) is 37.8 Å². The number of hydrogen-bond donors (Lipinski definition) is 0. The Bertz CT molecular complexity index is 443. The van der Waals surface area contributed by atoms with E-state index in [9.17, 15) is 4.79 Å². The summed E-state index contributed by atoms with van der Waals surface area (Å²) in [5, 5.41) is 0.797. The number of ether oxygens (including phenoxy) is 2. The van der Waals surface area contributed by atoms with Gasteiger partial charge in [-0.3, -0.25) is 4.79 Å². The van der Waals surface area contributed by atoms with Crippen LogP contribution in [0, 0.1) is 0 Å². The summed E-state index contributed by atoms with van der Waals surface area (Å²) in [4.78, 5) is 11.0. The maximum atomic E-state index is 11.0. The monoisotopic (exact) mass is 302 g/mol. The first kappa shape index (κ1) is 14.6. The highest BCUT2D eigenvalue weighted by atomic mass is 35.5. The van der Waals surface area contributed by atoms with E-state index in [1.165, 1.54) is 0 Å². The maximum Gasteiger partial charge on any atom is 0.153 e. The van der Waals surface area contributed by atoms with Crippen LogP contribution < -0.4 is 4.74 Å². The van der Waals surface area contributed by atoms with Gasteiger partial charge in [-0.25, -0.2) is 0 Å². The van der Waals surface area contributed by atoms with Crippen LogP contribution in [0.3, 0.4) is 0 Å². The van der Waals surface area contributed by atoms with Gasteiger partial charge in [0.25, 0.3) is 0 Å². The highest BCUT2D eigenvalue weighted by molar-refractivity contribution is 6.36. The third kappa shape index (κ3) is 4.10. The molecule has 1 fully saturated rings. The summed E-state index contributed by atoms with van der Waals surface area (Å²) in [6, 6.07) is 3.13. The van der Waals surface area contributed by atoms with Gasteiger partial charge in [0, 0.05) is 11.6 Å². The fraction of sp³-hybridized carbons (Fsp3) is 0.500. The zero-order valence-electron chi connectivity index (χ0n) is 10.5. The number of carbonyl (C=O) groups excluding carboxylic acids is 1. The SMILES string of the molecule is O=Cc1cc(Cl)cc(Cl)c1OCCCC1CCCO1. The molecule has 0 amide bonds. The quantitative estimate of drug-likeness (QED) is 0.585. The van der Waals surface area contributed by atoms with Crippen LogP contribution >= 0.6 is 23.2 Å². The smallest absolute Gasteiger partial charge is 0.153 e. The molecule has 1 aromatic rings. The molecule has 1 saturated heterocycles. The number of carbonyl (C=O) groups is 1. The molecule has 2 rings (SSSR count). The molecular formula is C14H16Cl2O3. The van der Waals surface area contributed by atoms with E-state index in [0.717, 1.165) is 32.3 Å². The van der Waals surface area contributed by atoms with E-state index in [1.807, 2.05) is 0 Å². The van der Waals surface area contributed by atoms with Crippen molar-refractivity contribution in [2.75, 3.05) is 13.2 Å². The second-order valence-electron chi connectivity index (χ2n) is 4.55. The van der Waals surface area contributed by atoms with Crippen molar-refractivity contribution in [1.29, 1.82) is 0 Å². The van der Waals surface area contributed by atoms with Crippen molar-refractivity contribution in [2.45, 2.75) is 31.8 Å². The normalized spacial score (nSPS) is 18.5. The second kappa shape index (κ2) is 7.13. The topological polar surface area (TPSA) is 35.5 Å². The zero-order chi connectivity index (χ0) is 13.7. The van der Waals surface area contributed by atoms with Gasteiger partial charge in [-0.1, -0.05) is 23.2 Å². The number of rotatable bonds is 6. The molecule has 3 nitrogen and oxygen atoms in total. The van der Waals surface area contributed by atoms with Crippen LogP contribution in [-0.4, -0.2) is 25.6 Å². The Hall–Kier alpha value is -0.770. The van der Waals surface area contributed by atoms with Crippen LogP contribution in [-0.2, 0) is 4.74 Å². The molecule has 104 valence electrons. The molecule has 19 heavy (non-hydrogen) atoms. The van der Waals surface area contributed by atoms with Crippen molar-refractivity contribution < 1.29 is 14.3 Å². The molecule has 0 bridgehead atoms.